The van der Waals surface area contributed by atoms with Crippen LogP contribution in [0.3, 0.4) is 0 Å². The number of carbonyl (C=O) groups is 3. The number of aryl methyl sites for hydroxylation is 1. The molecule has 0 bridgehead atoms. The zero-order valence-electron chi connectivity index (χ0n) is 19.4. The van der Waals surface area contributed by atoms with Crippen molar-refractivity contribution in [2.24, 2.45) is 0 Å². The molecule has 0 spiro atoms. The lowest BCUT2D eigenvalue weighted by Crippen LogP contribution is -2.34. The summed E-state index contributed by atoms with van der Waals surface area (Å²) in [5.74, 6) is -4.18. The Balaban J connectivity index is 2.17. The van der Waals surface area contributed by atoms with E-state index >= 15 is 0 Å². The number of aromatic nitrogens is 2. The summed E-state index contributed by atoms with van der Waals surface area (Å²) in [7, 11) is 1.18. The lowest BCUT2D eigenvalue weighted by molar-refractivity contribution is -0.384. The van der Waals surface area contributed by atoms with Gasteiger partial charge in [0.2, 0.25) is 0 Å². The minimum atomic E-state index is -1.39. The molecule has 0 saturated carbocycles. The number of methoxy groups -OCH3 is 1. The number of nitro groups is 1. The number of nitrogens with one attached hydrogen (secondary N) is 2. The van der Waals surface area contributed by atoms with Crippen LogP contribution in [0.15, 0.2) is 53.0 Å². The highest BCUT2D eigenvalue weighted by molar-refractivity contribution is 6.09. The van der Waals surface area contributed by atoms with Gasteiger partial charge in [-0.1, -0.05) is 19.1 Å². The van der Waals surface area contributed by atoms with Crippen LogP contribution in [0.4, 0.5) is 11.5 Å². The van der Waals surface area contributed by atoms with E-state index in [1.807, 2.05) is 0 Å². The first-order valence-electron chi connectivity index (χ1n) is 10.5. The van der Waals surface area contributed by atoms with E-state index in [1.165, 1.54) is 31.5 Å². The van der Waals surface area contributed by atoms with Crippen molar-refractivity contribution in [2.45, 2.75) is 33.1 Å². The Morgan fingerprint density at radius 3 is 2.51 bits per heavy atom. The molecule has 35 heavy (non-hydrogen) atoms. The first kappa shape index (κ1) is 25.0. The number of allylic oxidation sites excluding steroid dienone is 2. The fraction of sp³-hybridized carbons (Fsp3) is 0.261. The molecule has 1 aromatic carbocycles. The van der Waals surface area contributed by atoms with E-state index in [0.717, 1.165) is 0 Å². The molecule has 1 amide bonds. The number of non-ortho nitro benzene ring substituents is 1. The Labute approximate surface area is 199 Å². The van der Waals surface area contributed by atoms with Crippen molar-refractivity contribution in [1.82, 2.24) is 15.3 Å². The van der Waals surface area contributed by atoms with Gasteiger partial charge < -0.3 is 20.5 Å². The summed E-state index contributed by atoms with van der Waals surface area (Å²) in [6.07, 6.45) is 1.75. The van der Waals surface area contributed by atoms with Gasteiger partial charge >= 0.3 is 11.9 Å². The molecule has 12 nitrogen and oxygen atoms in total. The van der Waals surface area contributed by atoms with Crippen LogP contribution in [-0.4, -0.2) is 45.0 Å². The van der Waals surface area contributed by atoms with Crippen LogP contribution in [0.2, 0.25) is 0 Å². The lowest BCUT2D eigenvalue weighted by Gasteiger charge is -2.30. The van der Waals surface area contributed by atoms with Crippen molar-refractivity contribution in [1.29, 1.82) is 0 Å². The normalized spacial score (nSPS) is 15.4. The highest BCUT2D eigenvalue weighted by atomic mass is 16.6. The van der Waals surface area contributed by atoms with Gasteiger partial charge in [0.05, 0.1) is 29.2 Å². The molecule has 1 unspecified atom stereocenters. The number of hydrogen-bond acceptors (Lipinski definition) is 9. The second-order valence-electron chi connectivity index (χ2n) is 7.65. The molecule has 1 aliphatic heterocycles. The average Bonchev–Trinajstić information content (AvgIpc) is 2.82. The molecule has 2 aromatic rings. The Morgan fingerprint density at radius 1 is 1.23 bits per heavy atom. The number of carboxylic acids is 1. The minimum absolute atomic E-state index is 0.0385. The molecule has 182 valence electrons. The first-order chi connectivity index (χ1) is 16.6. The topological polar surface area (TPSA) is 174 Å². The summed E-state index contributed by atoms with van der Waals surface area (Å²) in [5, 5.41) is 26.3. The van der Waals surface area contributed by atoms with Crippen molar-refractivity contribution < 1.29 is 29.2 Å². The molecule has 1 aromatic heterocycles. The maximum absolute atomic E-state index is 13.5. The van der Waals surface area contributed by atoms with Crippen LogP contribution in [0.5, 0.6) is 0 Å². The van der Waals surface area contributed by atoms with Gasteiger partial charge in [0.25, 0.3) is 11.6 Å². The average molecular weight is 481 g/mol. The maximum Gasteiger partial charge on any atom is 0.358 e. The number of nitro benzene ring substituents is 1. The molecule has 0 saturated heterocycles. The number of ether oxygens (including phenoxy) is 1. The summed E-state index contributed by atoms with van der Waals surface area (Å²) in [5.41, 5.74) is 0.962. The molecule has 0 radical (unpaired) electrons. The Hall–Kier alpha value is -4.61. The van der Waals surface area contributed by atoms with Gasteiger partial charge in [-0.3, -0.25) is 14.9 Å². The number of anilines is 1. The van der Waals surface area contributed by atoms with Crippen molar-refractivity contribution in [3.63, 3.8) is 0 Å². The van der Waals surface area contributed by atoms with Gasteiger partial charge in [0, 0.05) is 35.3 Å². The van der Waals surface area contributed by atoms with Crippen molar-refractivity contribution in [3.8, 4) is 0 Å². The van der Waals surface area contributed by atoms with E-state index in [9.17, 15) is 29.6 Å². The van der Waals surface area contributed by atoms with E-state index in [0.29, 0.717) is 29.1 Å². The molecule has 3 rings (SSSR count). The Bertz CT molecular complexity index is 1300. The third-order valence-electron chi connectivity index (χ3n) is 5.44. The van der Waals surface area contributed by atoms with Gasteiger partial charge in [-0.15, -0.1) is 0 Å². The van der Waals surface area contributed by atoms with Crippen molar-refractivity contribution in [3.05, 3.63) is 80.1 Å². The monoisotopic (exact) mass is 481 g/mol. The van der Waals surface area contributed by atoms with Crippen LogP contribution in [0, 0.1) is 10.1 Å². The van der Waals surface area contributed by atoms with E-state index < -0.39 is 34.4 Å². The molecular weight excluding hydrogens is 458 g/mol. The van der Waals surface area contributed by atoms with Crippen LogP contribution in [0.1, 0.15) is 48.4 Å². The van der Waals surface area contributed by atoms with Crippen LogP contribution in [-0.2, 0) is 20.7 Å². The third kappa shape index (κ3) is 5.00. The number of nitrogens with zero attached hydrogens (tertiary/aromatic N) is 3. The largest absolute Gasteiger partial charge is 0.476 e. The van der Waals surface area contributed by atoms with Gasteiger partial charge in [0.1, 0.15) is 0 Å². The van der Waals surface area contributed by atoms with Crippen molar-refractivity contribution in [2.75, 3.05) is 12.4 Å². The summed E-state index contributed by atoms with van der Waals surface area (Å²) >= 11 is 0. The summed E-state index contributed by atoms with van der Waals surface area (Å²) in [6, 6.07) is 5.57. The number of esters is 1. The molecule has 0 aliphatic carbocycles. The Kier molecular flexibility index (Phi) is 7.23. The number of amides is 1. The number of aromatic carboxylic acids is 1. The SMILES string of the molecule is CCc1cnc(C(=O)O)c(NC(=O)C2=C(C)NC(C)=C(C(=O)OC)C2c2cccc([N+](=O)[O-])c2)n1. The van der Waals surface area contributed by atoms with Gasteiger partial charge in [-0.25, -0.2) is 19.6 Å². The predicted octanol–water partition coefficient (Wildman–Crippen LogP) is 2.69. The van der Waals surface area contributed by atoms with Crippen LogP contribution in [0.25, 0.3) is 0 Å². The fourth-order valence-electron chi connectivity index (χ4n) is 3.84. The molecule has 2 heterocycles. The molecule has 12 heteroatoms. The van der Waals surface area contributed by atoms with E-state index in [4.69, 9.17) is 4.74 Å². The number of carbonyl (C=O) groups excluding carboxylic acids is 2. The predicted molar refractivity (Wildman–Crippen MR) is 123 cm³/mol. The number of rotatable bonds is 7. The number of dihydropyridines is 1. The minimum Gasteiger partial charge on any atom is -0.476 e. The first-order valence-corrected chi connectivity index (χ1v) is 10.5. The molecule has 0 fully saturated rings. The van der Waals surface area contributed by atoms with Gasteiger partial charge in [-0.05, 0) is 25.8 Å². The highest BCUT2D eigenvalue weighted by Gasteiger charge is 2.38. The van der Waals surface area contributed by atoms with Crippen LogP contribution >= 0.6 is 0 Å². The number of hydrogen-bond donors (Lipinski definition) is 3. The zero-order chi connectivity index (χ0) is 25.9. The smallest absolute Gasteiger partial charge is 0.358 e. The summed E-state index contributed by atoms with van der Waals surface area (Å²) in [6.45, 7) is 5.01. The molecule has 1 atom stereocenters. The van der Waals surface area contributed by atoms with Crippen LogP contribution < -0.4 is 10.6 Å². The lowest BCUT2D eigenvalue weighted by atomic mass is 9.80. The number of carboxylic acid groups (broad SMARTS) is 1. The fourth-order valence-corrected chi connectivity index (χ4v) is 3.84. The molecular formula is C23H23N5O7. The highest BCUT2D eigenvalue weighted by Crippen LogP contribution is 2.40. The van der Waals surface area contributed by atoms with Gasteiger partial charge in [0.15, 0.2) is 11.5 Å². The molecule has 3 N–H and O–H groups in total. The van der Waals surface area contributed by atoms with E-state index in [2.05, 4.69) is 20.6 Å². The standard InChI is InChI=1S/C23H23N5O7/c1-5-14-10-24-19(22(30)31)20(26-14)27-21(29)16-11(2)25-12(3)17(23(32)35-4)18(16)13-7-6-8-15(9-13)28(33)34/h6-10,18,25H,5H2,1-4H3,(H,30,31)(H,26,27,29). The zero-order valence-corrected chi connectivity index (χ0v) is 19.4. The maximum atomic E-state index is 13.5. The third-order valence-corrected chi connectivity index (χ3v) is 5.44. The second-order valence-corrected chi connectivity index (χ2v) is 7.65. The quantitative estimate of drug-likeness (QED) is 0.303. The summed E-state index contributed by atoms with van der Waals surface area (Å²) < 4.78 is 4.93. The van der Waals surface area contributed by atoms with Gasteiger partial charge in [-0.2, -0.15) is 0 Å². The van der Waals surface area contributed by atoms with E-state index in [1.54, 1.807) is 26.8 Å². The number of benzene rings is 1. The second kappa shape index (κ2) is 10.1. The molecule has 1 aliphatic rings. The summed E-state index contributed by atoms with van der Waals surface area (Å²) in [4.78, 5) is 56.8. The Morgan fingerprint density at radius 2 is 1.91 bits per heavy atom. The van der Waals surface area contributed by atoms with E-state index in [-0.39, 0.29) is 22.7 Å². The van der Waals surface area contributed by atoms with Crippen molar-refractivity contribution >= 4 is 29.4 Å².